The van der Waals surface area contributed by atoms with Crippen LogP contribution in [-0.4, -0.2) is 24.5 Å². The van der Waals surface area contributed by atoms with E-state index in [1.165, 1.54) is 0 Å². The van der Waals surface area contributed by atoms with Crippen molar-refractivity contribution in [3.05, 3.63) is 24.2 Å². The van der Waals surface area contributed by atoms with Gasteiger partial charge in [0.05, 0.1) is 18.6 Å². The van der Waals surface area contributed by atoms with Gasteiger partial charge < -0.3 is 9.73 Å². The van der Waals surface area contributed by atoms with Gasteiger partial charge in [-0.3, -0.25) is 0 Å². The number of hydrogen-bond acceptors (Lipinski definition) is 3. The van der Waals surface area contributed by atoms with E-state index in [0.29, 0.717) is 12.3 Å². The van der Waals surface area contributed by atoms with Crippen molar-refractivity contribution in [3.8, 4) is 0 Å². The van der Waals surface area contributed by atoms with Crippen molar-refractivity contribution in [2.45, 2.75) is 24.1 Å². The molecule has 0 bridgehead atoms. The molecule has 2 nitrogen and oxygen atoms in total. The Hall–Kier alpha value is -0.620. The van der Waals surface area contributed by atoms with Gasteiger partial charge in [0.15, 0.2) is 0 Å². The monoisotopic (exact) mass is 253 g/mol. The van der Waals surface area contributed by atoms with Crippen molar-refractivity contribution in [1.29, 1.82) is 0 Å². The van der Waals surface area contributed by atoms with Crippen molar-refractivity contribution in [1.82, 2.24) is 5.32 Å². The summed E-state index contributed by atoms with van der Waals surface area (Å²) in [6.45, 7) is 1.29. The van der Waals surface area contributed by atoms with E-state index < -0.39 is 12.7 Å². The molecule has 0 spiro atoms. The maximum Gasteiger partial charge on any atom is 0.401 e. The number of hydrogen-bond donors (Lipinski definition) is 1. The van der Waals surface area contributed by atoms with Crippen molar-refractivity contribution in [3.63, 3.8) is 0 Å². The normalized spacial score (nSPS) is 14.0. The van der Waals surface area contributed by atoms with Crippen LogP contribution in [0.25, 0.3) is 0 Å². The molecule has 92 valence electrons. The third-order valence-electron chi connectivity index (χ3n) is 1.85. The maximum atomic E-state index is 11.8. The van der Waals surface area contributed by atoms with Crippen LogP contribution in [0.1, 0.15) is 12.7 Å². The molecule has 1 aromatic heterocycles. The molecule has 0 amide bonds. The Labute approximate surface area is 96.6 Å². The molecule has 1 aromatic rings. The predicted octanol–water partition coefficient (Wildman–Crippen LogP) is 3.05. The molecule has 0 saturated carbocycles. The molecule has 0 aliphatic heterocycles. The summed E-state index contributed by atoms with van der Waals surface area (Å²) in [6, 6.07) is 3.64. The van der Waals surface area contributed by atoms with E-state index >= 15 is 0 Å². The topological polar surface area (TPSA) is 25.2 Å². The maximum absolute atomic E-state index is 11.8. The smallest absolute Gasteiger partial charge is 0.401 e. The Morgan fingerprint density at radius 3 is 2.81 bits per heavy atom. The van der Waals surface area contributed by atoms with Crippen molar-refractivity contribution >= 4 is 11.8 Å². The minimum absolute atomic E-state index is 0.118. The van der Waals surface area contributed by atoms with Crippen LogP contribution in [0.2, 0.25) is 0 Å². The van der Waals surface area contributed by atoms with Crippen LogP contribution < -0.4 is 5.32 Å². The fourth-order valence-electron chi connectivity index (χ4n) is 1.10. The van der Waals surface area contributed by atoms with Crippen LogP contribution in [0, 0.1) is 0 Å². The van der Waals surface area contributed by atoms with Gasteiger partial charge in [-0.1, -0.05) is 6.92 Å². The molecule has 0 saturated heterocycles. The third kappa shape index (κ3) is 6.07. The van der Waals surface area contributed by atoms with Crippen molar-refractivity contribution in [2.24, 2.45) is 0 Å². The number of halogens is 3. The van der Waals surface area contributed by atoms with Gasteiger partial charge >= 0.3 is 6.18 Å². The SMILES string of the molecule is CC(CNCC(F)(F)F)SCc1ccco1. The van der Waals surface area contributed by atoms with Crippen LogP contribution in [-0.2, 0) is 5.75 Å². The second kappa shape index (κ2) is 6.20. The van der Waals surface area contributed by atoms with Crippen LogP contribution in [0.15, 0.2) is 22.8 Å². The van der Waals surface area contributed by atoms with Gasteiger partial charge in [0.1, 0.15) is 5.76 Å². The molecule has 1 heterocycles. The summed E-state index contributed by atoms with van der Waals surface area (Å²) in [4.78, 5) is 0. The molecule has 0 aromatic carbocycles. The fraction of sp³-hybridized carbons (Fsp3) is 0.600. The minimum atomic E-state index is -4.13. The van der Waals surface area contributed by atoms with E-state index in [-0.39, 0.29) is 5.25 Å². The Morgan fingerprint density at radius 2 is 2.25 bits per heavy atom. The lowest BCUT2D eigenvalue weighted by Gasteiger charge is -2.12. The first-order chi connectivity index (χ1) is 7.47. The summed E-state index contributed by atoms with van der Waals surface area (Å²) < 4.78 is 40.6. The Morgan fingerprint density at radius 1 is 1.50 bits per heavy atom. The van der Waals surface area contributed by atoms with E-state index in [1.54, 1.807) is 24.1 Å². The van der Waals surface area contributed by atoms with Gasteiger partial charge in [-0.25, -0.2) is 0 Å². The lowest BCUT2D eigenvalue weighted by molar-refractivity contribution is -0.124. The molecule has 1 N–H and O–H groups in total. The molecule has 1 atom stereocenters. The van der Waals surface area contributed by atoms with Crippen LogP contribution >= 0.6 is 11.8 Å². The van der Waals surface area contributed by atoms with Crippen LogP contribution in [0.3, 0.4) is 0 Å². The zero-order valence-electron chi connectivity index (χ0n) is 8.88. The Balaban J connectivity index is 2.09. The van der Waals surface area contributed by atoms with E-state index in [4.69, 9.17) is 4.42 Å². The van der Waals surface area contributed by atoms with E-state index in [9.17, 15) is 13.2 Å². The summed E-state index contributed by atoms with van der Waals surface area (Å²) in [5.74, 6) is 1.52. The van der Waals surface area contributed by atoms with E-state index in [0.717, 1.165) is 5.76 Å². The number of nitrogens with one attached hydrogen (secondary N) is 1. The highest BCUT2D eigenvalue weighted by molar-refractivity contribution is 7.99. The van der Waals surface area contributed by atoms with Crippen molar-refractivity contribution < 1.29 is 17.6 Å². The second-order valence-electron chi connectivity index (χ2n) is 3.45. The van der Waals surface area contributed by atoms with Gasteiger partial charge in [0.25, 0.3) is 0 Å². The van der Waals surface area contributed by atoms with Crippen molar-refractivity contribution in [2.75, 3.05) is 13.1 Å². The molecule has 0 aliphatic carbocycles. The summed E-state index contributed by atoms with van der Waals surface area (Å²) >= 11 is 1.56. The van der Waals surface area contributed by atoms with Crippen LogP contribution in [0.4, 0.5) is 13.2 Å². The fourth-order valence-corrected chi connectivity index (χ4v) is 1.94. The first kappa shape index (κ1) is 13.4. The van der Waals surface area contributed by atoms with Gasteiger partial charge in [-0.05, 0) is 12.1 Å². The zero-order valence-corrected chi connectivity index (χ0v) is 9.70. The molecule has 0 fully saturated rings. The number of alkyl halides is 3. The molecule has 0 aliphatic rings. The summed E-state index contributed by atoms with van der Waals surface area (Å²) in [7, 11) is 0. The van der Waals surface area contributed by atoms with E-state index in [1.807, 2.05) is 13.0 Å². The predicted molar refractivity (Wildman–Crippen MR) is 58.4 cm³/mol. The first-order valence-electron chi connectivity index (χ1n) is 4.89. The summed E-state index contributed by atoms with van der Waals surface area (Å²) in [5, 5.41) is 2.50. The molecule has 6 heteroatoms. The highest BCUT2D eigenvalue weighted by atomic mass is 32.2. The number of rotatable bonds is 6. The lowest BCUT2D eigenvalue weighted by atomic mass is 10.4. The molecular weight excluding hydrogens is 239 g/mol. The molecule has 0 radical (unpaired) electrons. The second-order valence-corrected chi connectivity index (χ2v) is 4.87. The van der Waals surface area contributed by atoms with E-state index in [2.05, 4.69) is 5.32 Å². The van der Waals surface area contributed by atoms with Gasteiger partial charge in [-0.15, -0.1) is 11.8 Å². The summed E-state index contributed by atoms with van der Waals surface area (Å²) in [6.07, 6.45) is -2.55. The highest BCUT2D eigenvalue weighted by Crippen LogP contribution is 2.18. The standard InChI is InChI=1S/C10H14F3NOS/c1-8(5-14-7-10(11,12)13)16-6-9-3-2-4-15-9/h2-4,8,14H,5-7H2,1H3. The first-order valence-corrected chi connectivity index (χ1v) is 5.94. The average Bonchev–Trinajstić information content (AvgIpc) is 2.65. The molecule has 1 rings (SSSR count). The zero-order chi connectivity index (χ0) is 12.0. The van der Waals surface area contributed by atoms with Gasteiger partial charge in [-0.2, -0.15) is 13.2 Å². The van der Waals surface area contributed by atoms with Gasteiger partial charge in [0.2, 0.25) is 0 Å². The lowest BCUT2D eigenvalue weighted by Crippen LogP contribution is -2.32. The summed E-state index contributed by atoms with van der Waals surface area (Å²) in [5.41, 5.74) is 0. The Bertz CT molecular complexity index is 287. The molecular formula is C10H14F3NOS. The Kier molecular flexibility index (Phi) is 5.21. The number of furan rings is 1. The van der Waals surface area contributed by atoms with Gasteiger partial charge in [0, 0.05) is 11.8 Å². The third-order valence-corrected chi connectivity index (χ3v) is 3.03. The number of thioether (sulfide) groups is 1. The molecule has 16 heavy (non-hydrogen) atoms. The highest BCUT2D eigenvalue weighted by Gasteiger charge is 2.26. The quantitative estimate of drug-likeness (QED) is 0.843. The molecule has 1 unspecified atom stereocenters. The largest absolute Gasteiger partial charge is 0.468 e. The minimum Gasteiger partial charge on any atom is -0.468 e. The average molecular weight is 253 g/mol. The van der Waals surface area contributed by atoms with Crippen LogP contribution in [0.5, 0.6) is 0 Å².